The molecule has 0 aliphatic rings. The Morgan fingerprint density at radius 1 is 1.44 bits per heavy atom. The number of hydrogen-bond acceptors (Lipinski definition) is 6. The summed E-state index contributed by atoms with van der Waals surface area (Å²) < 4.78 is 19.2. The van der Waals surface area contributed by atoms with E-state index in [9.17, 15) is 19.3 Å². The minimum Gasteiger partial charge on any atom is -0.475 e. The number of rotatable bonds is 6. The largest absolute Gasteiger partial charge is 0.475 e. The molecule has 0 radical (unpaired) electrons. The number of benzene rings is 1. The number of anilines is 1. The Bertz CT molecular complexity index is 1000. The Morgan fingerprint density at radius 2 is 2.15 bits per heavy atom. The van der Waals surface area contributed by atoms with Crippen LogP contribution in [-0.4, -0.2) is 37.9 Å². The zero-order chi connectivity index (χ0) is 19.6. The smallest absolute Gasteiger partial charge is 0.362 e. The van der Waals surface area contributed by atoms with Crippen molar-refractivity contribution in [2.24, 2.45) is 0 Å². The quantitative estimate of drug-likeness (QED) is 0.488. The average molecular weight is 395 g/mol. The molecule has 0 saturated carbocycles. The van der Waals surface area contributed by atoms with E-state index in [1.54, 1.807) is 12.1 Å². The lowest BCUT2D eigenvalue weighted by molar-refractivity contribution is -0.386. The maximum atomic E-state index is 13.0. The molecular formula is C15H12ClFN6O4. The molecule has 0 saturated heterocycles. The van der Waals surface area contributed by atoms with Gasteiger partial charge in [0.25, 0.3) is 5.91 Å². The lowest BCUT2D eigenvalue weighted by Gasteiger charge is -2.02. The van der Waals surface area contributed by atoms with Crippen LogP contribution < -0.4 is 10.1 Å². The molecule has 0 unspecified atom stereocenters. The van der Waals surface area contributed by atoms with E-state index in [1.165, 1.54) is 30.1 Å². The van der Waals surface area contributed by atoms with E-state index in [-0.39, 0.29) is 29.1 Å². The fourth-order valence-corrected chi connectivity index (χ4v) is 2.50. The van der Waals surface area contributed by atoms with Gasteiger partial charge in [-0.1, -0.05) is 23.7 Å². The summed E-state index contributed by atoms with van der Waals surface area (Å²) in [6.07, 6.45) is 1.46. The molecule has 3 rings (SSSR count). The molecule has 140 valence electrons. The van der Waals surface area contributed by atoms with E-state index in [1.807, 2.05) is 0 Å². The predicted molar refractivity (Wildman–Crippen MR) is 92.5 cm³/mol. The number of carbonyl (C=O) groups excluding carboxylic acids is 1. The van der Waals surface area contributed by atoms with Crippen LogP contribution in [0.5, 0.6) is 5.88 Å². The number of ether oxygens (including phenoxy) is 1. The van der Waals surface area contributed by atoms with Gasteiger partial charge in [-0.15, -0.1) is 5.10 Å². The molecule has 2 N–H and O–H groups in total. The second-order valence-electron chi connectivity index (χ2n) is 5.32. The maximum absolute atomic E-state index is 13.0. The fraction of sp³-hybridized carbons (Fsp3) is 0.133. The van der Waals surface area contributed by atoms with Gasteiger partial charge in [-0.05, 0) is 17.7 Å². The van der Waals surface area contributed by atoms with E-state index < -0.39 is 22.2 Å². The minimum atomic E-state index is -0.855. The van der Waals surface area contributed by atoms with E-state index in [0.717, 1.165) is 5.56 Å². The molecule has 2 aromatic heterocycles. The van der Waals surface area contributed by atoms with Crippen LogP contribution in [0.15, 0.2) is 30.5 Å². The Labute approximate surface area is 156 Å². The van der Waals surface area contributed by atoms with Gasteiger partial charge in [0.2, 0.25) is 5.69 Å². The normalized spacial score (nSPS) is 10.6. The van der Waals surface area contributed by atoms with Gasteiger partial charge in [-0.25, -0.2) is 4.39 Å². The first-order valence-electron chi connectivity index (χ1n) is 7.44. The number of nitrogens with one attached hydrogen (secondary N) is 2. The van der Waals surface area contributed by atoms with Crippen LogP contribution in [0, 0.1) is 15.9 Å². The summed E-state index contributed by atoms with van der Waals surface area (Å²) in [4.78, 5) is 22.7. The van der Waals surface area contributed by atoms with Gasteiger partial charge in [0, 0.05) is 6.20 Å². The first-order valence-corrected chi connectivity index (χ1v) is 7.82. The molecule has 0 atom stereocenters. The monoisotopic (exact) mass is 394 g/mol. The molecule has 1 amide bonds. The number of nitro groups is 1. The Morgan fingerprint density at radius 3 is 2.78 bits per heavy atom. The second kappa shape index (κ2) is 7.41. The molecule has 27 heavy (non-hydrogen) atoms. The number of hydrogen-bond donors (Lipinski definition) is 2. The third kappa shape index (κ3) is 3.87. The average Bonchev–Trinajstić information content (AvgIpc) is 3.20. The van der Waals surface area contributed by atoms with E-state index in [4.69, 9.17) is 16.3 Å². The molecule has 0 spiro atoms. The first kappa shape index (κ1) is 18.3. The lowest BCUT2D eigenvalue weighted by Crippen LogP contribution is -2.15. The summed E-state index contributed by atoms with van der Waals surface area (Å²) in [5.41, 5.74) is -0.236. The van der Waals surface area contributed by atoms with Crippen molar-refractivity contribution in [3.05, 3.63) is 62.7 Å². The van der Waals surface area contributed by atoms with Gasteiger partial charge in [-0.2, -0.15) is 5.10 Å². The van der Waals surface area contributed by atoms with Crippen LogP contribution in [0.4, 0.5) is 15.9 Å². The third-order valence-electron chi connectivity index (χ3n) is 3.52. The first-order chi connectivity index (χ1) is 12.9. The molecule has 12 heteroatoms. The van der Waals surface area contributed by atoms with Crippen LogP contribution in [0.25, 0.3) is 0 Å². The number of nitrogens with zero attached hydrogens (tertiary/aromatic N) is 4. The predicted octanol–water partition coefficient (Wildman–Crippen LogP) is 2.62. The number of carbonyl (C=O) groups is 1. The van der Waals surface area contributed by atoms with Gasteiger partial charge in [0.15, 0.2) is 5.82 Å². The second-order valence-corrected chi connectivity index (χ2v) is 5.72. The van der Waals surface area contributed by atoms with Crippen molar-refractivity contribution >= 4 is 29.0 Å². The summed E-state index contributed by atoms with van der Waals surface area (Å²) in [5, 5.41) is 23.6. The Kier molecular flexibility index (Phi) is 5.03. The maximum Gasteiger partial charge on any atom is 0.362 e. The Balaban J connectivity index is 1.79. The molecule has 0 aliphatic heterocycles. The zero-order valence-electron chi connectivity index (χ0n) is 13.8. The number of H-pyrrole nitrogens is 1. The number of halogens is 2. The van der Waals surface area contributed by atoms with Crippen LogP contribution in [0.3, 0.4) is 0 Å². The molecule has 0 aliphatic carbocycles. The lowest BCUT2D eigenvalue weighted by atomic mass is 10.2. The van der Waals surface area contributed by atoms with Gasteiger partial charge in [0.05, 0.1) is 18.6 Å². The molecule has 2 heterocycles. The number of aromatic amines is 1. The molecule has 10 nitrogen and oxygen atoms in total. The van der Waals surface area contributed by atoms with Crippen molar-refractivity contribution in [1.82, 2.24) is 20.0 Å². The molecule has 0 bridgehead atoms. The highest BCUT2D eigenvalue weighted by molar-refractivity contribution is 6.33. The zero-order valence-corrected chi connectivity index (χ0v) is 14.5. The molecule has 1 aromatic carbocycles. The van der Waals surface area contributed by atoms with Crippen molar-refractivity contribution < 1.29 is 18.8 Å². The molecule has 3 aromatic rings. The topological polar surface area (TPSA) is 128 Å². The van der Waals surface area contributed by atoms with Crippen molar-refractivity contribution in [2.45, 2.75) is 6.54 Å². The highest BCUT2D eigenvalue weighted by atomic mass is 35.5. The van der Waals surface area contributed by atoms with E-state index >= 15 is 0 Å². The van der Waals surface area contributed by atoms with Crippen LogP contribution in [0.2, 0.25) is 5.02 Å². The van der Waals surface area contributed by atoms with Gasteiger partial charge < -0.3 is 10.1 Å². The summed E-state index contributed by atoms with van der Waals surface area (Å²) in [7, 11) is 1.19. The van der Waals surface area contributed by atoms with Crippen molar-refractivity contribution in [3.8, 4) is 5.88 Å². The van der Waals surface area contributed by atoms with E-state index in [2.05, 4.69) is 20.6 Å². The van der Waals surface area contributed by atoms with Crippen LogP contribution in [-0.2, 0) is 6.54 Å². The van der Waals surface area contributed by atoms with Crippen LogP contribution >= 0.6 is 11.6 Å². The van der Waals surface area contributed by atoms with Gasteiger partial charge >= 0.3 is 11.6 Å². The number of methoxy groups -OCH3 is 1. The Hall–Kier alpha value is -3.47. The summed E-state index contributed by atoms with van der Waals surface area (Å²) in [5.74, 6) is -1.53. The SMILES string of the molecule is COc1n[nH]c(C(=O)Nc2nn(Cc3ccc(F)cc3)cc2Cl)c1[N+](=O)[O-]. The highest BCUT2D eigenvalue weighted by Crippen LogP contribution is 2.29. The molecular weight excluding hydrogens is 383 g/mol. The highest BCUT2D eigenvalue weighted by Gasteiger charge is 2.30. The summed E-state index contributed by atoms with van der Waals surface area (Å²) in [6, 6.07) is 5.80. The fourth-order valence-electron chi connectivity index (χ4n) is 2.30. The summed E-state index contributed by atoms with van der Waals surface area (Å²) in [6.45, 7) is 0.286. The van der Waals surface area contributed by atoms with Crippen molar-refractivity contribution in [2.75, 3.05) is 12.4 Å². The van der Waals surface area contributed by atoms with E-state index in [0.29, 0.717) is 0 Å². The molecule has 0 fully saturated rings. The third-order valence-corrected chi connectivity index (χ3v) is 3.80. The van der Waals surface area contributed by atoms with Gasteiger partial charge in [-0.3, -0.25) is 24.7 Å². The van der Waals surface area contributed by atoms with Crippen molar-refractivity contribution in [1.29, 1.82) is 0 Å². The number of aromatic nitrogens is 4. The number of amides is 1. The minimum absolute atomic E-state index is 0.00615. The van der Waals surface area contributed by atoms with Crippen LogP contribution in [0.1, 0.15) is 16.1 Å². The standard InChI is InChI=1S/C15H12ClFN6O4/c1-27-15-12(23(25)26)11(19-20-15)14(24)18-13-10(16)7-22(21-13)6-8-2-4-9(17)5-3-8/h2-5,7H,6H2,1H3,(H,19,20)(H,18,21,24). The van der Waals surface area contributed by atoms with Gasteiger partial charge in [0.1, 0.15) is 10.8 Å². The summed E-state index contributed by atoms with van der Waals surface area (Å²) >= 11 is 6.06. The van der Waals surface area contributed by atoms with Crippen molar-refractivity contribution in [3.63, 3.8) is 0 Å².